The van der Waals surface area contributed by atoms with Crippen molar-refractivity contribution in [1.29, 1.82) is 0 Å². The van der Waals surface area contributed by atoms with Crippen molar-refractivity contribution >= 4 is 5.69 Å². The molecule has 3 nitrogen and oxygen atoms in total. The van der Waals surface area contributed by atoms with Crippen molar-refractivity contribution in [3.63, 3.8) is 0 Å². The molecular formula is C15H24FNO2. The minimum absolute atomic E-state index is 0.142. The lowest BCUT2D eigenvalue weighted by atomic mass is 10.1. The molecule has 0 saturated carbocycles. The first kappa shape index (κ1) is 15.9. The van der Waals surface area contributed by atoms with Crippen LogP contribution in [0.15, 0.2) is 24.3 Å². The van der Waals surface area contributed by atoms with Crippen molar-refractivity contribution in [2.24, 2.45) is 5.92 Å². The van der Waals surface area contributed by atoms with Gasteiger partial charge < -0.3 is 15.2 Å². The number of nitrogens with one attached hydrogen (secondary N) is 1. The van der Waals surface area contributed by atoms with Crippen LogP contribution in [0.5, 0.6) is 0 Å². The van der Waals surface area contributed by atoms with E-state index in [2.05, 4.69) is 19.2 Å². The van der Waals surface area contributed by atoms with Crippen molar-refractivity contribution in [1.82, 2.24) is 0 Å². The number of hydrogen-bond donors (Lipinski definition) is 2. The Bertz CT molecular complexity index is 371. The molecule has 0 aliphatic rings. The number of anilines is 1. The molecule has 0 fully saturated rings. The van der Waals surface area contributed by atoms with Gasteiger partial charge in [-0.25, -0.2) is 4.39 Å². The van der Waals surface area contributed by atoms with Gasteiger partial charge in [0.2, 0.25) is 0 Å². The molecule has 2 atom stereocenters. The second-order valence-corrected chi connectivity index (χ2v) is 5.32. The van der Waals surface area contributed by atoms with Gasteiger partial charge in [0, 0.05) is 12.2 Å². The van der Waals surface area contributed by atoms with Crippen LogP contribution in [0.2, 0.25) is 0 Å². The fourth-order valence-corrected chi connectivity index (χ4v) is 1.90. The largest absolute Gasteiger partial charge is 0.389 e. The highest BCUT2D eigenvalue weighted by molar-refractivity contribution is 5.43. The summed E-state index contributed by atoms with van der Waals surface area (Å²) in [5.74, 6) is 0.291. The van der Waals surface area contributed by atoms with Crippen LogP contribution >= 0.6 is 0 Å². The van der Waals surface area contributed by atoms with Gasteiger partial charge in [0.25, 0.3) is 0 Å². The smallest absolute Gasteiger partial charge is 0.125 e. The Kier molecular flexibility index (Phi) is 6.81. The number of benzene rings is 1. The maximum atomic E-state index is 12.9. The third kappa shape index (κ3) is 7.13. The predicted octanol–water partition coefficient (Wildman–Crippen LogP) is 3.05. The molecule has 0 saturated heterocycles. The first-order valence-corrected chi connectivity index (χ1v) is 6.76. The highest BCUT2D eigenvalue weighted by Crippen LogP contribution is 2.10. The molecule has 108 valence electrons. The van der Waals surface area contributed by atoms with Crippen LogP contribution in [0.4, 0.5) is 10.1 Å². The van der Waals surface area contributed by atoms with E-state index in [-0.39, 0.29) is 18.5 Å². The van der Waals surface area contributed by atoms with Crippen molar-refractivity contribution < 1.29 is 14.2 Å². The minimum atomic E-state index is -0.599. The predicted molar refractivity (Wildman–Crippen MR) is 75.8 cm³/mol. The summed E-state index contributed by atoms with van der Waals surface area (Å²) in [6, 6.07) is 6.18. The van der Waals surface area contributed by atoms with Crippen LogP contribution in [0.1, 0.15) is 27.2 Å². The SMILES string of the molecule is CC(C)CC(C)OCC(O)CNc1cccc(F)c1. The van der Waals surface area contributed by atoms with Crippen LogP contribution < -0.4 is 5.32 Å². The molecule has 0 spiro atoms. The minimum Gasteiger partial charge on any atom is -0.389 e. The van der Waals surface area contributed by atoms with Crippen LogP contribution in [0.25, 0.3) is 0 Å². The summed E-state index contributed by atoms with van der Waals surface area (Å²) < 4.78 is 18.5. The Labute approximate surface area is 114 Å². The zero-order valence-electron chi connectivity index (χ0n) is 11.9. The van der Waals surface area contributed by atoms with Gasteiger partial charge in [-0.3, -0.25) is 0 Å². The fraction of sp³-hybridized carbons (Fsp3) is 0.600. The van der Waals surface area contributed by atoms with E-state index in [0.29, 0.717) is 18.2 Å². The summed E-state index contributed by atoms with van der Waals surface area (Å²) in [5, 5.41) is 12.8. The molecule has 0 aromatic heterocycles. The number of aliphatic hydroxyl groups excluding tert-OH is 1. The van der Waals surface area contributed by atoms with Crippen LogP contribution in [0, 0.1) is 11.7 Å². The summed E-state index contributed by atoms with van der Waals surface area (Å²) in [5.41, 5.74) is 0.661. The van der Waals surface area contributed by atoms with E-state index in [1.807, 2.05) is 6.92 Å². The van der Waals surface area contributed by atoms with Gasteiger partial charge >= 0.3 is 0 Å². The maximum Gasteiger partial charge on any atom is 0.125 e. The first-order valence-electron chi connectivity index (χ1n) is 6.76. The average molecular weight is 269 g/mol. The molecule has 0 amide bonds. The highest BCUT2D eigenvalue weighted by atomic mass is 19.1. The molecule has 2 N–H and O–H groups in total. The van der Waals surface area contributed by atoms with Gasteiger partial charge in [-0.2, -0.15) is 0 Å². The highest BCUT2D eigenvalue weighted by Gasteiger charge is 2.09. The Morgan fingerprint density at radius 1 is 1.32 bits per heavy atom. The van der Waals surface area contributed by atoms with Crippen LogP contribution in [0.3, 0.4) is 0 Å². The van der Waals surface area contributed by atoms with E-state index in [0.717, 1.165) is 6.42 Å². The summed E-state index contributed by atoms with van der Waals surface area (Å²) >= 11 is 0. The standard InChI is InChI=1S/C15H24FNO2/c1-11(2)7-12(3)19-10-15(18)9-17-14-6-4-5-13(16)8-14/h4-6,8,11-12,15,17-18H,7,9-10H2,1-3H3. The average Bonchev–Trinajstić information content (AvgIpc) is 2.33. The second kappa shape index (κ2) is 8.12. The summed E-state index contributed by atoms with van der Waals surface area (Å²) in [6.45, 7) is 6.92. The zero-order valence-corrected chi connectivity index (χ0v) is 11.9. The number of hydrogen-bond acceptors (Lipinski definition) is 3. The van der Waals surface area contributed by atoms with E-state index in [1.54, 1.807) is 12.1 Å². The molecule has 1 aromatic rings. The molecule has 0 heterocycles. The van der Waals surface area contributed by atoms with Gasteiger partial charge in [0.05, 0.1) is 18.8 Å². The third-order valence-electron chi connectivity index (χ3n) is 2.74. The Morgan fingerprint density at radius 2 is 2.05 bits per heavy atom. The van der Waals surface area contributed by atoms with Gasteiger partial charge in [-0.1, -0.05) is 19.9 Å². The third-order valence-corrected chi connectivity index (χ3v) is 2.74. The topological polar surface area (TPSA) is 41.5 Å². The van der Waals surface area contributed by atoms with Gasteiger partial charge in [0.15, 0.2) is 0 Å². The Morgan fingerprint density at radius 3 is 2.68 bits per heavy atom. The lowest BCUT2D eigenvalue weighted by Crippen LogP contribution is -2.27. The van der Waals surface area contributed by atoms with E-state index in [9.17, 15) is 9.50 Å². The first-order chi connectivity index (χ1) is 8.97. The van der Waals surface area contributed by atoms with Crippen molar-refractivity contribution in [3.8, 4) is 0 Å². The Balaban J connectivity index is 2.22. The number of ether oxygens (including phenoxy) is 1. The number of aliphatic hydroxyl groups is 1. The monoisotopic (exact) mass is 269 g/mol. The quantitative estimate of drug-likeness (QED) is 0.762. The molecule has 0 aliphatic carbocycles. The van der Waals surface area contributed by atoms with Crippen LogP contribution in [-0.2, 0) is 4.74 Å². The number of rotatable bonds is 8. The molecule has 0 bridgehead atoms. The summed E-state index contributed by atoms with van der Waals surface area (Å²) in [4.78, 5) is 0. The molecule has 4 heteroatoms. The second-order valence-electron chi connectivity index (χ2n) is 5.32. The van der Waals surface area contributed by atoms with Crippen molar-refractivity contribution in [3.05, 3.63) is 30.1 Å². The van der Waals surface area contributed by atoms with Gasteiger partial charge in [0.1, 0.15) is 5.82 Å². The molecule has 1 aromatic carbocycles. The fourth-order valence-electron chi connectivity index (χ4n) is 1.90. The molecule has 19 heavy (non-hydrogen) atoms. The lowest BCUT2D eigenvalue weighted by Gasteiger charge is -2.18. The molecule has 0 aliphatic heterocycles. The normalized spacial score (nSPS) is 14.4. The van der Waals surface area contributed by atoms with Crippen molar-refractivity contribution in [2.45, 2.75) is 39.4 Å². The molecule has 2 unspecified atom stereocenters. The van der Waals surface area contributed by atoms with E-state index < -0.39 is 6.10 Å². The van der Waals surface area contributed by atoms with Gasteiger partial charge in [-0.05, 0) is 37.5 Å². The molecule has 1 rings (SSSR count). The Hall–Kier alpha value is -1.13. The molecule has 0 radical (unpaired) electrons. The van der Waals surface area contributed by atoms with Gasteiger partial charge in [-0.15, -0.1) is 0 Å². The van der Waals surface area contributed by atoms with E-state index in [4.69, 9.17) is 4.74 Å². The summed E-state index contributed by atoms with van der Waals surface area (Å²) in [6.07, 6.45) is 0.519. The van der Waals surface area contributed by atoms with E-state index in [1.165, 1.54) is 12.1 Å². The summed E-state index contributed by atoms with van der Waals surface area (Å²) in [7, 11) is 0. The molecular weight excluding hydrogens is 245 g/mol. The van der Waals surface area contributed by atoms with Crippen molar-refractivity contribution in [2.75, 3.05) is 18.5 Å². The maximum absolute atomic E-state index is 12.9. The van der Waals surface area contributed by atoms with Crippen LogP contribution in [-0.4, -0.2) is 30.5 Å². The van der Waals surface area contributed by atoms with E-state index >= 15 is 0 Å². The zero-order chi connectivity index (χ0) is 14.3. The number of halogens is 1. The lowest BCUT2D eigenvalue weighted by molar-refractivity contribution is -0.00443.